The van der Waals surface area contributed by atoms with Gasteiger partial charge in [-0.25, -0.2) is 0 Å². The molecule has 0 aliphatic heterocycles. The Morgan fingerprint density at radius 2 is 2.16 bits per heavy atom. The van der Waals surface area contributed by atoms with Gasteiger partial charge in [0.05, 0.1) is 17.7 Å². The molecule has 0 saturated heterocycles. The fraction of sp³-hybridized carbons (Fsp3) is 0.429. The quantitative estimate of drug-likeness (QED) is 0.808. The minimum atomic E-state index is -0.00352. The largest absolute Gasteiger partial charge is 0.496 e. The van der Waals surface area contributed by atoms with Crippen molar-refractivity contribution in [3.8, 4) is 5.75 Å². The average Bonchev–Trinajstić information content (AvgIpc) is 3.23. The summed E-state index contributed by atoms with van der Waals surface area (Å²) in [5, 5.41) is 0. The van der Waals surface area contributed by atoms with Crippen LogP contribution in [0.15, 0.2) is 24.3 Å². The maximum Gasteiger partial charge on any atom is 0.257 e. The molecule has 1 aliphatic carbocycles. The van der Waals surface area contributed by atoms with Crippen molar-refractivity contribution < 1.29 is 9.53 Å². The second kappa shape index (κ2) is 6.02. The molecular weight excluding hydrogens is 260 g/mol. The highest BCUT2D eigenvalue weighted by Crippen LogP contribution is 2.30. The van der Waals surface area contributed by atoms with Gasteiger partial charge in [-0.2, -0.15) is 0 Å². The summed E-state index contributed by atoms with van der Waals surface area (Å²) in [5.74, 6) is 0.602. The Hall–Kier alpha value is -1.62. The van der Waals surface area contributed by atoms with E-state index in [9.17, 15) is 4.79 Å². The Morgan fingerprint density at radius 3 is 2.74 bits per heavy atom. The fourth-order valence-electron chi connectivity index (χ4n) is 2.04. The Morgan fingerprint density at radius 1 is 1.47 bits per heavy atom. The molecule has 1 amide bonds. The number of benzene rings is 1. The topological polar surface area (TPSA) is 55.6 Å². The normalized spacial score (nSPS) is 13.9. The molecule has 4 nitrogen and oxygen atoms in total. The molecule has 2 rings (SSSR count). The average molecular weight is 278 g/mol. The molecule has 5 heteroatoms. The lowest BCUT2D eigenvalue weighted by Crippen LogP contribution is -2.35. The molecule has 1 fully saturated rings. The molecule has 0 radical (unpaired) electrons. The summed E-state index contributed by atoms with van der Waals surface area (Å²) in [4.78, 5) is 14.9. The van der Waals surface area contributed by atoms with Crippen LogP contribution in [0.2, 0.25) is 0 Å². The van der Waals surface area contributed by atoms with Crippen molar-refractivity contribution in [3.63, 3.8) is 0 Å². The Bertz CT molecular complexity index is 486. The summed E-state index contributed by atoms with van der Waals surface area (Å²) in [5.41, 5.74) is 6.12. The highest BCUT2D eigenvalue weighted by atomic mass is 32.1. The summed E-state index contributed by atoms with van der Waals surface area (Å²) >= 11 is 4.89. The van der Waals surface area contributed by atoms with Crippen LogP contribution >= 0.6 is 12.2 Å². The lowest BCUT2D eigenvalue weighted by Gasteiger charge is -2.23. The zero-order valence-electron chi connectivity index (χ0n) is 11.0. The third kappa shape index (κ3) is 3.44. The third-order valence-electron chi connectivity index (χ3n) is 3.18. The number of methoxy groups -OCH3 is 1. The van der Waals surface area contributed by atoms with Crippen LogP contribution in [-0.2, 0) is 0 Å². The van der Waals surface area contributed by atoms with Crippen molar-refractivity contribution in [2.24, 2.45) is 5.73 Å². The van der Waals surface area contributed by atoms with E-state index in [1.807, 2.05) is 17.0 Å². The summed E-state index contributed by atoms with van der Waals surface area (Å²) in [6, 6.07) is 7.61. The molecule has 19 heavy (non-hydrogen) atoms. The molecule has 1 aromatic rings. The summed E-state index contributed by atoms with van der Waals surface area (Å²) in [6.07, 6.45) is 2.67. The lowest BCUT2D eigenvalue weighted by atomic mass is 10.1. The predicted molar refractivity (Wildman–Crippen MR) is 78.5 cm³/mol. The van der Waals surface area contributed by atoms with Gasteiger partial charge in [0.25, 0.3) is 5.91 Å². The van der Waals surface area contributed by atoms with Gasteiger partial charge in [-0.15, -0.1) is 0 Å². The van der Waals surface area contributed by atoms with Crippen LogP contribution in [0.25, 0.3) is 0 Å². The van der Waals surface area contributed by atoms with E-state index < -0.39 is 0 Å². The molecule has 102 valence electrons. The second-order valence-corrected chi connectivity index (χ2v) is 5.17. The smallest absolute Gasteiger partial charge is 0.257 e. The first kappa shape index (κ1) is 13.8. The molecule has 0 bridgehead atoms. The highest BCUT2D eigenvalue weighted by molar-refractivity contribution is 7.80. The third-order valence-corrected chi connectivity index (χ3v) is 3.39. The van der Waals surface area contributed by atoms with E-state index in [0.29, 0.717) is 35.3 Å². The summed E-state index contributed by atoms with van der Waals surface area (Å²) in [7, 11) is 1.57. The van der Waals surface area contributed by atoms with Crippen LogP contribution in [0.4, 0.5) is 0 Å². The molecule has 0 heterocycles. The number of rotatable bonds is 6. The van der Waals surface area contributed by atoms with Crippen LogP contribution in [0.3, 0.4) is 0 Å². The van der Waals surface area contributed by atoms with E-state index in [0.717, 1.165) is 12.8 Å². The van der Waals surface area contributed by atoms with E-state index in [-0.39, 0.29) is 5.91 Å². The number of nitrogens with zero attached hydrogens (tertiary/aromatic N) is 1. The van der Waals surface area contributed by atoms with Gasteiger partial charge < -0.3 is 15.4 Å². The molecule has 1 saturated carbocycles. The van der Waals surface area contributed by atoms with Gasteiger partial charge in [-0.05, 0) is 25.0 Å². The monoisotopic (exact) mass is 278 g/mol. The minimum absolute atomic E-state index is 0.00352. The van der Waals surface area contributed by atoms with Crippen molar-refractivity contribution in [2.45, 2.75) is 25.3 Å². The second-order valence-electron chi connectivity index (χ2n) is 4.65. The van der Waals surface area contributed by atoms with Gasteiger partial charge in [-0.3, -0.25) is 4.79 Å². The van der Waals surface area contributed by atoms with E-state index >= 15 is 0 Å². The number of amides is 1. The maximum atomic E-state index is 12.6. The van der Waals surface area contributed by atoms with Crippen LogP contribution < -0.4 is 10.5 Å². The van der Waals surface area contributed by atoms with Gasteiger partial charge in [0.2, 0.25) is 0 Å². The number of para-hydroxylation sites is 1. The highest BCUT2D eigenvalue weighted by Gasteiger charge is 2.33. The molecule has 1 aliphatic rings. The first-order valence-electron chi connectivity index (χ1n) is 6.35. The van der Waals surface area contributed by atoms with E-state index in [1.54, 1.807) is 19.2 Å². The van der Waals surface area contributed by atoms with Crippen LogP contribution in [-0.4, -0.2) is 35.5 Å². The lowest BCUT2D eigenvalue weighted by molar-refractivity contribution is 0.0744. The first-order chi connectivity index (χ1) is 9.13. The number of carbonyl (C=O) groups excluding carboxylic acids is 1. The number of hydrogen-bond acceptors (Lipinski definition) is 3. The SMILES string of the molecule is COc1ccccc1C(=O)N(CCC(N)=S)C1CC1. The van der Waals surface area contributed by atoms with E-state index in [2.05, 4.69) is 0 Å². The molecule has 0 atom stereocenters. The van der Waals surface area contributed by atoms with Crippen LogP contribution in [0.5, 0.6) is 5.75 Å². The fourth-order valence-corrected chi connectivity index (χ4v) is 2.13. The van der Waals surface area contributed by atoms with Gasteiger partial charge in [-0.1, -0.05) is 24.4 Å². The zero-order valence-corrected chi connectivity index (χ0v) is 11.8. The Labute approximate surface area is 118 Å². The molecule has 0 spiro atoms. The Balaban J connectivity index is 2.16. The van der Waals surface area contributed by atoms with E-state index in [4.69, 9.17) is 22.7 Å². The molecular formula is C14H18N2O2S. The van der Waals surface area contributed by atoms with Crippen LogP contribution in [0.1, 0.15) is 29.6 Å². The minimum Gasteiger partial charge on any atom is -0.496 e. The van der Waals surface area contributed by atoms with Crippen molar-refractivity contribution in [1.82, 2.24) is 4.90 Å². The van der Waals surface area contributed by atoms with Gasteiger partial charge >= 0.3 is 0 Å². The Kier molecular flexibility index (Phi) is 4.37. The van der Waals surface area contributed by atoms with Crippen molar-refractivity contribution >= 4 is 23.1 Å². The molecule has 0 aromatic heterocycles. The number of nitrogens with two attached hydrogens (primary N) is 1. The van der Waals surface area contributed by atoms with Gasteiger partial charge in [0, 0.05) is 19.0 Å². The summed E-state index contributed by atoms with van der Waals surface area (Å²) in [6.45, 7) is 0.580. The predicted octanol–water partition coefficient (Wildman–Crippen LogP) is 1.98. The molecule has 2 N–H and O–H groups in total. The van der Waals surface area contributed by atoms with Crippen molar-refractivity contribution in [1.29, 1.82) is 0 Å². The van der Waals surface area contributed by atoms with E-state index in [1.165, 1.54) is 0 Å². The van der Waals surface area contributed by atoms with Gasteiger partial charge in [0.1, 0.15) is 5.75 Å². The zero-order chi connectivity index (χ0) is 13.8. The van der Waals surface area contributed by atoms with Crippen molar-refractivity contribution in [3.05, 3.63) is 29.8 Å². The number of thiocarbonyl (C=S) groups is 1. The maximum absolute atomic E-state index is 12.6. The van der Waals surface area contributed by atoms with Crippen LogP contribution in [0, 0.1) is 0 Å². The number of ether oxygens (including phenoxy) is 1. The van der Waals surface area contributed by atoms with Crippen molar-refractivity contribution in [2.75, 3.05) is 13.7 Å². The first-order valence-corrected chi connectivity index (χ1v) is 6.76. The summed E-state index contributed by atoms with van der Waals surface area (Å²) < 4.78 is 5.24. The number of hydrogen-bond donors (Lipinski definition) is 1. The molecule has 0 unspecified atom stereocenters. The molecule has 1 aromatic carbocycles. The standard InChI is InChI=1S/C14H18N2O2S/c1-18-12-5-3-2-4-11(12)14(17)16(10-6-7-10)9-8-13(15)19/h2-5,10H,6-9H2,1H3,(H2,15,19). The number of carbonyl (C=O) groups is 1. The van der Waals surface area contributed by atoms with Gasteiger partial charge in [0.15, 0.2) is 0 Å².